The molecule has 0 saturated carbocycles. The SMILES string of the molecule is Cc1ccc(-c2ccc(CCO)cn2)nc1. The molecule has 16 heavy (non-hydrogen) atoms. The molecule has 2 aromatic rings. The molecule has 0 fully saturated rings. The molecule has 0 aliphatic heterocycles. The zero-order valence-corrected chi connectivity index (χ0v) is 9.22. The van der Waals surface area contributed by atoms with E-state index in [-0.39, 0.29) is 6.61 Å². The van der Waals surface area contributed by atoms with Crippen LogP contribution in [0.1, 0.15) is 11.1 Å². The molecule has 0 unspecified atom stereocenters. The fourth-order valence-corrected chi connectivity index (χ4v) is 1.47. The second-order valence-corrected chi connectivity index (χ2v) is 3.75. The Labute approximate surface area is 94.8 Å². The van der Waals surface area contributed by atoms with Crippen molar-refractivity contribution in [2.24, 2.45) is 0 Å². The fourth-order valence-electron chi connectivity index (χ4n) is 1.47. The Morgan fingerprint density at radius 2 is 1.69 bits per heavy atom. The third kappa shape index (κ3) is 2.44. The van der Waals surface area contributed by atoms with E-state index in [0.29, 0.717) is 6.42 Å². The second-order valence-electron chi connectivity index (χ2n) is 3.75. The van der Waals surface area contributed by atoms with Gasteiger partial charge in [-0.25, -0.2) is 0 Å². The average Bonchev–Trinajstić information content (AvgIpc) is 2.32. The Hall–Kier alpha value is -1.74. The first-order valence-electron chi connectivity index (χ1n) is 5.28. The van der Waals surface area contributed by atoms with Gasteiger partial charge in [-0.15, -0.1) is 0 Å². The molecule has 0 amide bonds. The predicted octanol–water partition coefficient (Wildman–Crippen LogP) is 1.99. The van der Waals surface area contributed by atoms with E-state index in [4.69, 9.17) is 5.11 Å². The van der Waals surface area contributed by atoms with E-state index in [0.717, 1.165) is 22.5 Å². The van der Waals surface area contributed by atoms with E-state index in [1.165, 1.54) is 0 Å². The number of aromatic nitrogens is 2. The van der Waals surface area contributed by atoms with Crippen molar-refractivity contribution in [1.82, 2.24) is 9.97 Å². The molecule has 1 N–H and O–H groups in total. The van der Waals surface area contributed by atoms with Gasteiger partial charge >= 0.3 is 0 Å². The Kier molecular flexibility index (Phi) is 3.27. The highest BCUT2D eigenvalue weighted by atomic mass is 16.2. The summed E-state index contributed by atoms with van der Waals surface area (Å²) in [6, 6.07) is 7.89. The minimum absolute atomic E-state index is 0.157. The van der Waals surface area contributed by atoms with Gasteiger partial charge in [-0.2, -0.15) is 0 Å². The predicted molar refractivity (Wildman–Crippen MR) is 63.0 cm³/mol. The van der Waals surface area contributed by atoms with Crippen LogP contribution in [0, 0.1) is 6.92 Å². The summed E-state index contributed by atoms with van der Waals surface area (Å²) in [5.41, 5.74) is 3.92. The van der Waals surface area contributed by atoms with Crippen LogP contribution in [0.4, 0.5) is 0 Å². The summed E-state index contributed by atoms with van der Waals surface area (Å²) in [6.45, 7) is 2.17. The van der Waals surface area contributed by atoms with Gasteiger partial charge in [0.25, 0.3) is 0 Å². The Morgan fingerprint density at radius 1 is 1.00 bits per heavy atom. The molecule has 0 bridgehead atoms. The fraction of sp³-hybridized carbons (Fsp3) is 0.231. The van der Waals surface area contributed by atoms with Crippen molar-refractivity contribution >= 4 is 0 Å². The molecule has 2 rings (SSSR count). The average molecular weight is 214 g/mol. The van der Waals surface area contributed by atoms with Gasteiger partial charge in [-0.1, -0.05) is 12.1 Å². The quantitative estimate of drug-likeness (QED) is 0.849. The number of aliphatic hydroxyl groups is 1. The summed E-state index contributed by atoms with van der Waals surface area (Å²) >= 11 is 0. The minimum atomic E-state index is 0.157. The smallest absolute Gasteiger partial charge is 0.0886 e. The number of rotatable bonds is 3. The first-order chi connectivity index (χ1) is 7.79. The van der Waals surface area contributed by atoms with Gasteiger partial charge < -0.3 is 5.11 Å². The maximum Gasteiger partial charge on any atom is 0.0886 e. The lowest BCUT2D eigenvalue weighted by Crippen LogP contribution is -1.93. The molecule has 3 nitrogen and oxygen atoms in total. The van der Waals surface area contributed by atoms with Crippen LogP contribution < -0.4 is 0 Å². The molecule has 3 heteroatoms. The van der Waals surface area contributed by atoms with Crippen molar-refractivity contribution in [2.45, 2.75) is 13.3 Å². The van der Waals surface area contributed by atoms with E-state index in [1.807, 2.05) is 37.4 Å². The van der Waals surface area contributed by atoms with Crippen molar-refractivity contribution in [3.63, 3.8) is 0 Å². The molecule has 0 aliphatic rings. The lowest BCUT2D eigenvalue weighted by molar-refractivity contribution is 0.299. The number of hydrogen-bond acceptors (Lipinski definition) is 3. The van der Waals surface area contributed by atoms with E-state index in [1.54, 1.807) is 6.20 Å². The zero-order chi connectivity index (χ0) is 11.4. The van der Waals surface area contributed by atoms with E-state index in [2.05, 4.69) is 9.97 Å². The summed E-state index contributed by atoms with van der Waals surface area (Å²) < 4.78 is 0. The van der Waals surface area contributed by atoms with Gasteiger partial charge in [0.1, 0.15) is 0 Å². The lowest BCUT2D eigenvalue weighted by atomic mass is 10.1. The molecule has 0 atom stereocenters. The first-order valence-corrected chi connectivity index (χ1v) is 5.28. The Morgan fingerprint density at radius 3 is 2.19 bits per heavy atom. The molecular formula is C13H14N2O. The van der Waals surface area contributed by atoms with Gasteiger partial charge in [0.15, 0.2) is 0 Å². The van der Waals surface area contributed by atoms with Gasteiger partial charge in [0.2, 0.25) is 0 Å². The summed E-state index contributed by atoms with van der Waals surface area (Å²) in [4.78, 5) is 8.64. The standard InChI is InChI=1S/C13H14N2O/c1-10-2-4-12(14-8-10)13-5-3-11(6-7-16)9-15-13/h2-5,8-9,16H,6-7H2,1H3. The van der Waals surface area contributed by atoms with Gasteiger partial charge in [0, 0.05) is 19.0 Å². The molecule has 2 heterocycles. The van der Waals surface area contributed by atoms with Crippen LogP contribution in [0.3, 0.4) is 0 Å². The van der Waals surface area contributed by atoms with Crippen LogP contribution in [0.15, 0.2) is 36.7 Å². The van der Waals surface area contributed by atoms with Crippen molar-refractivity contribution < 1.29 is 5.11 Å². The monoisotopic (exact) mass is 214 g/mol. The summed E-state index contributed by atoms with van der Waals surface area (Å²) in [6.07, 6.45) is 4.26. The number of aliphatic hydroxyl groups excluding tert-OH is 1. The van der Waals surface area contributed by atoms with E-state index < -0.39 is 0 Å². The van der Waals surface area contributed by atoms with Crippen LogP contribution in [0.25, 0.3) is 11.4 Å². The number of hydrogen-bond donors (Lipinski definition) is 1. The van der Waals surface area contributed by atoms with Crippen molar-refractivity contribution in [3.05, 3.63) is 47.8 Å². The maximum absolute atomic E-state index is 8.80. The maximum atomic E-state index is 8.80. The molecule has 0 saturated heterocycles. The molecule has 82 valence electrons. The second kappa shape index (κ2) is 4.86. The highest BCUT2D eigenvalue weighted by Crippen LogP contribution is 2.14. The highest BCUT2D eigenvalue weighted by molar-refractivity contribution is 5.53. The Bertz CT molecular complexity index is 448. The normalized spacial score (nSPS) is 10.4. The molecule has 0 spiro atoms. The van der Waals surface area contributed by atoms with Crippen molar-refractivity contribution in [3.8, 4) is 11.4 Å². The van der Waals surface area contributed by atoms with Crippen LogP contribution >= 0.6 is 0 Å². The largest absolute Gasteiger partial charge is 0.396 e. The number of pyridine rings is 2. The molecule has 0 radical (unpaired) electrons. The van der Waals surface area contributed by atoms with Crippen LogP contribution in [0.2, 0.25) is 0 Å². The Balaban J connectivity index is 2.24. The molecule has 0 aliphatic carbocycles. The third-order valence-electron chi connectivity index (χ3n) is 2.40. The van der Waals surface area contributed by atoms with Crippen LogP contribution in [0.5, 0.6) is 0 Å². The summed E-state index contributed by atoms with van der Waals surface area (Å²) in [5.74, 6) is 0. The summed E-state index contributed by atoms with van der Waals surface area (Å²) in [7, 11) is 0. The number of aryl methyl sites for hydroxylation is 1. The van der Waals surface area contributed by atoms with Crippen LogP contribution in [-0.4, -0.2) is 21.7 Å². The summed E-state index contributed by atoms with van der Waals surface area (Å²) in [5, 5.41) is 8.80. The van der Waals surface area contributed by atoms with E-state index >= 15 is 0 Å². The zero-order valence-electron chi connectivity index (χ0n) is 9.22. The van der Waals surface area contributed by atoms with Gasteiger partial charge in [-0.05, 0) is 36.6 Å². The number of nitrogens with zero attached hydrogens (tertiary/aromatic N) is 2. The highest BCUT2D eigenvalue weighted by Gasteiger charge is 2.00. The molecule has 0 aromatic carbocycles. The first kappa shape index (κ1) is 10.8. The molecular weight excluding hydrogens is 200 g/mol. The van der Waals surface area contributed by atoms with Gasteiger partial charge in [-0.3, -0.25) is 9.97 Å². The van der Waals surface area contributed by atoms with E-state index in [9.17, 15) is 0 Å². The third-order valence-corrected chi connectivity index (χ3v) is 2.40. The van der Waals surface area contributed by atoms with Crippen molar-refractivity contribution in [2.75, 3.05) is 6.61 Å². The van der Waals surface area contributed by atoms with Crippen molar-refractivity contribution in [1.29, 1.82) is 0 Å². The van der Waals surface area contributed by atoms with Gasteiger partial charge in [0.05, 0.1) is 11.4 Å². The minimum Gasteiger partial charge on any atom is -0.396 e. The molecule has 2 aromatic heterocycles. The lowest BCUT2D eigenvalue weighted by Gasteiger charge is -2.02. The topological polar surface area (TPSA) is 46.0 Å². The van der Waals surface area contributed by atoms with Crippen LogP contribution in [-0.2, 0) is 6.42 Å².